The third-order valence-electron chi connectivity index (χ3n) is 4.93. The van der Waals surface area contributed by atoms with Gasteiger partial charge in [0.15, 0.2) is 0 Å². The predicted octanol–water partition coefficient (Wildman–Crippen LogP) is 2.97. The van der Waals surface area contributed by atoms with Crippen LogP contribution >= 0.6 is 0 Å². The molecule has 0 bridgehead atoms. The molecule has 2 N–H and O–H groups in total. The van der Waals surface area contributed by atoms with Crippen molar-refractivity contribution in [1.82, 2.24) is 5.32 Å². The van der Waals surface area contributed by atoms with Crippen LogP contribution in [0.4, 0.5) is 8.78 Å². The molecule has 2 aliphatic rings. The maximum Gasteiger partial charge on any atom is 0.305 e. The van der Waals surface area contributed by atoms with E-state index in [0.29, 0.717) is 24.8 Å². The summed E-state index contributed by atoms with van der Waals surface area (Å²) in [6.45, 7) is 0. The first-order valence-corrected chi connectivity index (χ1v) is 7.89. The highest BCUT2D eigenvalue weighted by atomic mass is 19.1. The Balaban J connectivity index is 1.67. The van der Waals surface area contributed by atoms with Gasteiger partial charge in [0.2, 0.25) is 5.91 Å². The predicted molar refractivity (Wildman–Crippen MR) is 78.8 cm³/mol. The topological polar surface area (TPSA) is 66.4 Å². The number of hydrogen-bond acceptors (Lipinski definition) is 2. The average Bonchev–Trinajstić information content (AvgIpc) is 3.12. The van der Waals surface area contributed by atoms with Gasteiger partial charge in [0.05, 0.1) is 12.0 Å². The quantitative estimate of drug-likeness (QED) is 0.875. The van der Waals surface area contributed by atoms with E-state index in [1.54, 1.807) is 0 Å². The summed E-state index contributed by atoms with van der Waals surface area (Å²) in [7, 11) is 0. The van der Waals surface area contributed by atoms with Crippen LogP contribution in [-0.2, 0) is 9.59 Å². The van der Waals surface area contributed by atoms with Gasteiger partial charge in [-0.15, -0.1) is 0 Å². The number of benzene rings is 1. The van der Waals surface area contributed by atoms with Gasteiger partial charge in [0.25, 0.3) is 0 Å². The summed E-state index contributed by atoms with van der Waals surface area (Å²) in [6, 6.07) is 3.39. The maximum atomic E-state index is 13.8. The number of nitrogens with one attached hydrogen (secondary N) is 1. The molecule has 124 valence electrons. The van der Waals surface area contributed by atoms with Gasteiger partial charge in [-0.1, -0.05) is 18.9 Å². The third-order valence-corrected chi connectivity index (χ3v) is 4.93. The molecule has 2 saturated carbocycles. The molecule has 0 radical (unpaired) electrons. The van der Waals surface area contributed by atoms with Crippen LogP contribution in [0.25, 0.3) is 0 Å². The van der Waals surface area contributed by atoms with Gasteiger partial charge in [-0.25, -0.2) is 8.78 Å². The molecule has 2 unspecified atom stereocenters. The zero-order chi connectivity index (χ0) is 16.6. The highest BCUT2D eigenvalue weighted by Crippen LogP contribution is 2.49. The maximum absolute atomic E-state index is 13.8. The molecule has 0 aliphatic heterocycles. The molecule has 0 spiro atoms. The molecule has 0 aromatic heterocycles. The van der Waals surface area contributed by atoms with Crippen molar-refractivity contribution >= 4 is 11.9 Å². The molecule has 4 nitrogen and oxygen atoms in total. The van der Waals surface area contributed by atoms with Crippen LogP contribution in [0.15, 0.2) is 18.2 Å². The highest BCUT2D eigenvalue weighted by Gasteiger charge is 2.48. The third kappa shape index (κ3) is 3.35. The van der Waals surface area contributed by atoms with Gasteiger partial charge in [0, 0.05) is 12.0 Å². The first-order valence-electron chi connectivity index (χ1n) is 7.89. The van der Waals surface area contributed by atoms with Gasteiger partial charge in [-0.05, 0) is 36.8 Å². The monoisotopic (exact) mass is 323 g/mol. The Labute approximate surface area is 132 Å². The van der Waals surface area contributed by atoms with Gasteiger partial charge in [-0.3, -0.25) is 9.59 Å². The van der Waals surface area contributed by atoms with E-state index in [9.17, 15) is 18.4 Å². The van der Waals surface area contributed by atoms with Crippen molar-refractivity contribution in [2.75, 3.05) is 0 Å². The fourth-order valence-corrected chi connectivity index (χ4v) is 3.67. The van der Waals surface area contributed by atoms with E-state index < -0.39 is 23.1 Å². The van der Waals surface area contributed by atoms with Crippen LogP contribution in [0.3, 0.4) is 0 Å². The van der Waals surface area contributed by atoms with Gasteiger partial charge < -0.3 is 10.4 Å². The van der Waals surface area contributed by atoms with Crippen LogP contribution in [-0.4, -0.2) is 22.5 Å². The summed E-state index contributed by atoms with van der Waals surface area (Å²) in [5, 5.41) is 12.0. The van der Waals surface area contributed by atoms with Crippen LogP contribution in [0.2, 0.25) is 0 Å². The molecule has 0 saturated heterocycles. The SMILES string of the molecule is O=C(O)CC1(NC(=O)C2CC2c2ccc(F)cc2F)CCCC1. The Morgan fingerprint density at radius 3 is 2.57 bits per heavy atom. The fourth-order valence-electron chi connectivity index (χ4n) is 3.67. The molecular formula is C17H19F2NO3. The number of aliphatic carboxylic acids is 1. The fraction of sp³-hybridized carbons (Fsp3) is 0.529. The number of carbonyl (C=O) groups is 2. The van der Waals surface area contributed by atoms with E-state index in [2.05, 4.69) is 5.32 Å². The number of carboxylic acid groups (broad SMARTS) is 1. The Morgan fingerprint density at radius 1 is 1.26 bits per heavy atom. The lowest BCUT2D eigenvalue weighted by Gasteiger charge is -2.28. The van der Waals surface area contributed by atoms with E-state index in [4.69, 9.17) is 5.11 Å². The minimum Gasteiger partial charge on any atom is -0.481 e. The molecule has 6 heteroatoms. The Morgan fingerprint density at radius 2 is 1.96 bits per heavy atom. The van der Waals surface area contributed by atoms with E-state index in [1.165, 1.54) is 12.1 Å². The Bertz CT molecular complexity index is 641. The van der Waals surface area contributed by atoms with Crippen molar-refractivity contribution in [1.29, 1.82) is 0 Å². The molecule has 1 aromatic rings. The number of hydrogen-bond donors (Lipinski definition) is 2. The largest absolute Gasteiger partial charge is 0.481 e. The molecular weight excluding hydrogens is 304 g/mol. The smallest absolute Gasteiger partial charge is 0.305 e. The summed E-state index contributed by atoms with van der Waals surface area (Å²) in [5.74, 6) is -3.03. The van der Waals surface area contributed by atoms with Gasteiger partial charge in [-0.2, -0.15) is 0 Å². The minimum atomic E-state index is -0.927. The summed E-state index contributed by atoms with van der Waals surface area (Å²) in [5.41, 5.74) is -0.317. The average molecular weight is 323 g/mol. The summed E-state index contributed by atoms with van der Waals surface area (Å²) < 4.78 is 26.7. The van der Waals surface area contributed by atoms with E-state index in [-0.39, 0.29) is 24.2 Å². The standard InChI is InChI=1S/C17H19F2NO3/c18-10-3-4-11(14(19)7-10)12-8-13(12)16(23)20-17(9-15(21)22)5-1-2-6-17/h3-4,7,12-13H,1-2,5-6,8-9H2,(H,20,23)(H,21,22). The number of amides is 1. The molecule has 2 fully saturated rings. The van der Waals surface area contributed by atoms with E-state index in [1.807, 2.05) is 0 Å². The Kier molecular flexibility index (Phi) is 4.08. The lowest BCUT2D eigenvalue weighted by molar-refractivity contribution is -0.139. The number of carboxylic acids is 1. The minimum absolute atomic E-state index is 0.0823. The molecule has 2 atom stereocenters. The lowest BCUT2D eigenvalue weighted by atomic mass is 9.92. The van der Waals surface area contributed by atoms with Crippen LogP contribution < -0.4 is 5.32 Å². The van der Waals surface area contributed by atoms with Gasteiger partial charge in [0.1, 0.15) is 11.6 Å². The number of carbonyl (C=O) groups excluding carboxylic acids is 1. The summed E-state index contributed by atoms with van der Waals surface area (Å²) in [6.07, 6.45) is 3.54. The van der Waals surface area contributed by atoms with Crippen molar-refractivity contribution in [3.8, 4) is 0 Å². The first-order chi connectivity index (χ1) is 10.9. The number of rotatable bonds is 5. The lowest BCUT2D eigenvalue weighted by Crippen LogP contribution is -2.48. The zero-order valence-corrected chi connectivity index (χ0v) is 12.6. The second-order valence-electron chi connectivity index (χ2n) is 6.66. The summed E-state index contributed by atoms with van der Waals surface area (Å²) in [4.78, 5) is 23.5. The van der Waals surface area contributed by atoms with Crippen molar-refractivity contribution < 1.29 is 23.5 Å². The molecule has 2 aliphatic carbocycles. The summed E-state index contributed by atoms with van der Waals surface area (Å²) >= 11 is 0. The molecule has 3 rings (SSSR count). The Hall–Kier alpha value is -1.98. The molecule has 0 heterocycles. The van der Waals surface area contributed by atoms with Crippen LogP contribution in [0, 0.1) is 17.6 Å². The van der Waals surface area contributed by atoms with Crippen molar-refractivity contribution in [3.63, 3.8) is 0 Å². The van der Waals surface area contributed by atoms with Gasteiger partial charge >= 0.3 is 5.97 Å². The first kappa shape index (κ1) is 15.9. The van der Waals surface area contributed by atoms with Crippen molar-refractivity contribution in [2.45, 2.75) is 50.0 Å². The van der Waals surface area contributed by atoms with Crippen LogP contribution in [0.5, 0.6) is 0 Å². The second-order valence-corrected chi connectivity index (χ2v) is 6.66. The van der Waals surface area contributed by atoms with Crippen LogP contribution in [0.1, 0.15) is 50.0 Å². The zero-order valence-electron chi connectivity index (χ0n) is 12.6. The highest BCUT2D eigenvalue weighted by molar-refractivity contribution is 5.84. The second kappa shape index (κ2) is 5.91. The van der Waals surface area contributed by atoms with E-state index in [0.717, 1.165) is 18.9 Å². The normalized spacial score (nSPS) is 25.1. The van der Waals surface area contributed by atoms with Crippen molar-refractivity contribution in [2.24, 2.45) is 5.92 Å². The molecule has 1 amide bonds. The van der Waals surface area contributed by atoms with Crippen molar-refractivity contribution in [3.05, 3.63) is 35.4 Å². The molecule has 23 heavy (non-hydrogen) atoms. The number of halogens is 2. The van der Waals surface area contributed by atoms with E-state index >= 15 is 0 Å². The molecule has 1 aromatic carbocycles.